The highest BCUT2D eigenvalue weighted by molar-refractivity contribution is 8.41. The summed E-state index contributed by atoms with van der Waals surface area (Å²) in [7, 11) is 0. The first-order valence-electron chi connectivity index (χ1n) is 13.4. The van der Waals surface area contributed by atoms with Crippen LogP contribution in [-0.2, 0) is 22.4 Å². The highest BCUT2D eigenvalue weighted by Gasteiger charge is 2.23. The van der Waals surface area contributed by atoms with E-state index in [4.69, 9.17) is 0 Å². The van der Waals surface area contributed by atoms with E-state index in [9.17, 15) is 29.8 Å². The summed E-state index contributed by atoms with van der Waals surface area (Å²) in [5.74, 6) is 3.05. The molecule has 1 aliphatic rings. The molecule has 0 aliphatic carbocycles. The maximum atomic E-state index is 11.0. The largest absolute Gasteiger partial charge is 0.303 e. The van der Waals surface area contributed by atoms with Gasteiger partial charge in [-0.15, -0.1) is 58.8 Å². The third-order valence-corrected chi connectivity index (χ3v) is 16.5. The van der Waals surface area contributed by atoms with E-state index >= 15 is 0 Å². The lowest BCUT2D eigenvalue weighted by Gasteiger charge is -2.10. The van der Waals surface area contributed by atoms with Crippen LogP contribution in [0.25, 0.3) is 0 Å². The second-order valence-electron chi connectivity index (χ2n) is 8.76. The molecule has 0 N–H and O–H groups in total. The van der Waals surface area contributed by atoms with Gasteiger partial charge in [0.1, 0.15) is 12.6 Å². The third-order valence-electron chi connectivity index (χ3n) is 5.65. The highest BCUT2D eigenvalue weighted by Crippen LogP contribution is 2.58. The van der Waals surface area contributed by atoms with E-state index in [1.54, 1.807) is 118 Å². The van der Waals surface area contributed by atoms with Crippen molar-refractivity contribution in [3.05, 3.63) is 106 Å². The van der Waals surface area contributed by atoms with Crippen LogP contribution in [0.5, 0.6) is 0 Å². The third kappa shape index (κ3) is 13.7. The summed E-state index contributed by atoms with van der Waals surface area (Å²) in [4.78, 5) is 43.0. The van der Waals surface area contributed by atoms with Crippen molar-refractivity contribution in [2.75, 3.05) is 29.3 Å². The lowest BCUT2D eigenvalue weighted by molar-refractivity contribution is -0.385. The molecule has 2 aromatic carbocycles. The van der Waals surface area contributed by atoms with Crippen LogP contribution >= 0.6 is 94.1 Å². The molecule has 2 aromatic rings. The second kappa shape index (κ2) is 21.5. The van der Waals surface area contributed by atoms with Crippen molar-refractivity contribution in [1.29, 1.82) is 0 Å². The van der Waals surface area contributed by atoms with Crippen LogP contribution in [0.1, 0.15) is 24.0 Å². The van der Waals surface area contributed by atoms with Crippen molar-refractivity contribution in [3.63, 3.8) is 0 Å². The van der Waals surface area contributed by atoms with Crippen molar-refractivity contribution in [2.24, 2.45) is 0 Å². The van der Waals surface area contributed by atoms with E-state index in [2.05, 4.69) is 5.41 Å². The summed E-state index contributed by atoms with van der Waals surface area (Å²) in [5, 5.41) is 24.1. The molecule has 1 heterocycles. The fourth-order valence-electron chi connectivity index (χ4n) is 3.45. The molecule has 16 heteroatoms. The molecule has 8 nitrogen and oxygen atoms in total. The zero-order chi connectivity index (χ0) is 32.4. The summed E-state index contributed by atoms with van der Waals surface area (Å²) in [6.07, 6.45) is 6.41. The minimum absolute atomic E-state index is 0.0837. The number of hydrogen-bond donors (Lipinski definition) is 0. The molecule has 45 heavy (non-hydrogen) atoms. The van der Waals surface area contributed by atoms with Gasteiger partial charge in [0.25, 0.3) is 11.4 Å². The number of nitrogens with zero attached hydrogens (tertiary/aromatic N) is 2. The van der Waals surface area contributed by atoms with E-state index in [0.717, 1.165) is 60.8 Å². The van der Waals surface area contributed by atoms with Crippen LogP contribution in [-0.4, -0.2) is 51.7 Å². The zero-order valence-corrected chi connectivity index (χ0v) is 30.6. The van der Waals surface area contributed by atoms with Gasteiger partial charge in [-0.1, -0.05) is 59.6 Å². The normalized spacial score (nSPS) is 13.5. The Kier molecular flexibility index (Phi) is 18.2. The number of carbonyl (C=O) groups is 2. The van der Waals surface area contributed by atoms with Gasteiger partial charge < -0.3 is 9.59 Å². The number of aldehydes is 2. The molecule has 0 aromatic heterocycles. The Labute approximate surface area is 296 Å². The molecular weight excluding hydrogens is 729 g/mol. The number of nitro benzene ring substituents is 2. The van der Waals surface area contributed by atoms with Crippen LogP contribution in [0.2, 0.25) is 0 Å². The van der Waals surface area contributed by atoms with Gasteiger partial charge in [-0.2, -0.15) is 0 Å². The first-order chi connectivity index (χ1) is 21.8. The summed E-state index contributed by atoms with van der Waals surface area (Å²) in [6, 6.07) is 13.4. The Bertz CT molecular complexity index is 1340. The summed E-state index contributed by atoms with van der Waals surface area (Å²) in [5.41, 5.74) is 2.25. The maximum Gasteiger partial charge on any atom is 0.269 e. The summed E-state index contributed by atoms with van der Waals surface area (Å²) < 4.78 is 5.85. The number of rotatable bonds is 21. The summed E-state index contributed by atoms with van der Waals surface area (Å²) >= 11 is 13.6. The predicted octanol–water partition coefficient (Wildman–Crippen LogP) is 10.0. The molecule has 0 radical (unpaired) electrons. The average Bonchev–Trinajstić information content (AvgIpc) is 3.43. The average molecular weight is 759 g/mol. The molecule has 0 saturated heterocycles. The Balaban J connectivity index is 1.70. The Hall–Kier alpha value is -1.40. The lowest BCUT2D eigenvalue weighted by Crippen LogP contribution is -1.92. The number of benzene rings is 2. The van der Waals surface area contributed by atoms with Gasteiger partial charge >= 0.3 is 0 Å². The monoisotopic (exact) mass is 758 g/mol. The molecule has 1 aliphatic heterocycles. The van der Waals surface area contributed by atoms with Gasteiger partial charge in [-0.3, -0.25) is 20.2 Å². The molecule has 0 saturated carbocycles. The molecule has 0 amide bonds. The standard InChI is InChI=1S/C29H30N2O6S8/c1-38-26(39-16-2-14-32)27(40-17-3-15-33)43-20-25-44-28(41-18-12-21-4-8-23(9-5-21)30(34)35)29(45-25)42-19-13-22-6-10-24(11-7-22)31(36)37/h4-11,14-15,20H,2-3,12-13,16-19H2,1H3/b27-26+. The van der Waals surface area contributed by atoms with Gasteiger partial charge in [0, 0.05) is 60.1 Å². The molecule has 0 bridgehead atoms. The summed E-state index contributed by atoms with van der Waals surface area (Å²) in [6.45, 7) is 0. The van der Waals surface area contributed by atoms with E-state index in [1.165, 1.54) is 32.7 Å². The topological polar surface area (TPSA) is 120 Å². The van der Waals surface area contributed by atoms with Crippen LogP contribution in [0.4, 0.5) is 11.4 Å². The Morgan fingerprint density at radius 3 is 1.56 bits per heavy atom. The molecular formula is C29H30N2O6S8. The molecule has 240 valence electrons. The fourth-order valence-corrected chi connectivity index (χ4v) is 14.0. The van der Waals surface area contributed by atoms with Crippen molar-refractivity contribution in [2.45, 2.75) is 25.7 Å². The van der Waals surface area contributed by atoms with Crippen LogP contribution in [0.3, 0.4) is 0 Å². The zero-order valence-electron chi connectivity index (χ0n) is 24.1. The molecule has 0 spiro atoms. The van der Waals surface area contributed by atoms with Crippen LogP contribution in [0, 0.1) is 20.2 Å². The number of hydrogen-bond acceptors (Lipinski definition) is 14. The first-order valence-corrected chi connectivity index (χ1v) is 21.1. The van der Waals surface area contributed by atoms with Crippen LogP contribution < -0.4 is 0 Å². The quantitative estimate of drug-likeness (QED) is 0.0519. The van der Waals surface area contributed by atoms with Gasteiger partial charge in [0.2, 0.25) is 0 Å². The smallest absolute Gasteiger partial charge is 0.269 e. The van der Waals surface area contributed by atoms with E-state index in [1.807, 2.05) is 6.26 Å². The maximum absolute atomic E-state index is 11.0. The minimum Gasteiger partial charge on any atom is -0.303 e. The van der Waals surface area contributed by atoms with Gasteiger partial charge in [-0.05, 0) is 35.6 Å². The van der Waals surface area contributed by atoms with Crippen molar-refractivity contribution in [3.8, 4) is 0 Å². The van der Waals surface area contributed by atoms with Gasteiger partial charge in [0.05, 0.1) is 31.0 Å². The van der Waals surface area contributed by atoms with Gasteiger partial charge in [-0.25, -0.2) is 0 Å². The fraction of sp³-hybridized carbons (Fsp3) is 0.310. The van der Waals surface area contributed by atoms with Crippen molar-refractivity contribution < 1.29 is 19.4 Å². The van der Waals surface area contributed by atoms with E-state index in [0.29, 0.717) is 24.3 Å². The predicted molar refractivity (Wildman–Crippen MR) is 203 cm³/mol. The molecule has 0 fully saturated rings. The number of non-ortho nitro benzene ring substituents is 2. The molecule has 3 rings (SSSR count). The number of aryl methyl sites for hydroxylation is 2. The van der Waals surface area contributed by atoms with E-state index < -0.39 is 9.85 Å². The van der Waals surface area contributed by atoms with Gasteiger partial charge in [0.15, 0.2) is 0 Å². The van der Waals surface area contributed by atoms with E-state index in [-0.39, 0.29) is 11.4 Å². The Morgan fingerprint density at radius 1 is 0.711 bits per heavy atom. The molecule has 0 atom stereocenters. The first kappa shape index (κ1) is 38.1. The minimum atomic E-state index is -0.394. The SMILES string of the molecule is CS/C(SCCC=O)=C(\SC=C1SC(SCCc2ccc([N+](=O)[O-])cc2)=C(SCCc2ccc([N+](=O)[O-])cc2)S1)SCCC=O. The highest BCUT2D eigenvalue weighted by atomic mass is 32.3. The van der Waals surface area contributed by atoms with Crippen LogP contribution in [0.15, 0.2) is 75.1 Å². The number of thioether (sulfide) groups is 8. The second-order valence-corrected chi connectivity index (χ2v) is 18.3. The van der Waals surface area contributed by atoms with Crippen molar-refractivity contribution >= 4 is 118 Å². The lowest BCUT2D eigenvalue weighted by atomic mass is 10.1. The number of nitro groups is 2. The molecule has 0 unspecified atom stereocenters. The van der Waals surface area contributed by atoms with Crippen molar-refractivity contribution in [1.82, 2.24) is 0 Å². The number of carbonyl (C=O) groups excluding carboxylic acids is 2. The Morgan fingerprint density at radius 2 is 1.16 bits per heavy atom.